The summed E-state index contributed by atoms with van der Waals surface area (Å²) in [6, 6.07) is 23.6. The van der Waals surface area contributed by atoms with Crippen LogP contribution in [0.2, 0.25) is 0 Å². The molecule has 3 aromatic carbocycles. The molecule has 5 rings (SSSR count). The first-order valence-electron chi connectivity index (χ1n) is 14.8. The molecular weight excluding hydrogens is 564 g/mol. The smallest absolute Gasteiger partial charge is 0.328 e. The molecule has 2 amide bonds. The Bertz CT molecular complexity index is 1340. The number of hydrogen-bond acceptors (Lipinski definition) is 8. The fraction of sp³-hybridized carbons (Fsp3) is 0.353. The molecule has 2 aliphatic rings. The van der Waals surface area contributed by atoms with Crippen molar-refractivity contribution in [2.24, 2.45) is 0 Å². The average molecular weight is 601 g/mol. The lowest BCUT2D eigenvalue weighted by Gasteiger charge is -2.17. The van der Waals surface area contributed by atoms with Crippen molar-refractivity contribution in [1.29, 1.82) is 0 Å². The highest BCUT2D eigenvalue weighted by atomic mass is 16.6. The lowest BCUT2D eigenvalue weighted by molar-refractivity contribution is -0.147. The molecule has 0 saturated carbocycles. The standard InChI is InChI=1S/C34H36N2O8/c1-3-25(33(39)41-19-27-29(43-27)21-11-7-5-8-12-21)35-31(37)23-15-17-24(18-16-23)32(38)36-26(4-2)34(40)42-20-28-30(44-28)22-13-9-6-10-14-22/h5-18,25-30H,3-4,19-20H2,1-2H3,(H,35,37)(H,36,38). The minimum atomic E-state index is -0.834. The van der Waals surface area contributed by atoms with Gasteiger partial charge in [-0.05, 0) is 48.2 Å². The molecule has 10 nitrogen and oxygen atoms in total. The molecule has 0 aliphatic carbocycles. The molecule has 2 heterocycles. The summed E-state index contributed by atoms with van der Waals surface area (Å²) in [6.07, 6.45) is 0.0681. The van der Waals surface area contributed by atoms with Gasteiger partial charge in [0.1, 0.15) is 49.7 Å². The zero-order valence-electron chi connectivity index (χ0n) is 24.6. The number of benzene rings is 3. The first kappa shape index (κ1) is 30.9. The van der Waals surface area contributed by atoms with Crippen LogP contribution in [0.4, 0.5) is 0 Å². The third kappa shape index (κ3) is 7.89. The van der Waals surface area contributed by atoms with Gasteiger partial charge < -0.3 is 29.6 Å². The molecular formula is C34H36N2O8. The topological polar surface area (TPSA) is 136 Å². The lowest BCUT2D eigenvalue weighted by atomic mass is 10.1. The van der Waals surface area contributed by atoms with Crippen LogP contribution >= 0.6 is 0 Å². The van der Waals surface area contributed by atoms with Gasteiger partial charge in [-0.15, -0.1) is 0 Å². The van der Waals surface area contributed by atoms with Gasteiger partial charge in [0.15, 0.2) is 0 Å². The third-order valence-corrected chi connectivity index (χ3v) is 7.61. The van der Waals surface area contributed by atoms with Crippen LogP contribution in [-0.2, 0) is 28.5 Å². The predicted molar refractivity (Wildman–Crippen MR) is 160 cm³/mol. The summed E-state index contributed by atoms with van der Waals surface area (Å²) in [5.74, 6) is -2.03. The fourth-order valence-electron chi connectivity index (χ4n) is 4.85. The molecule has 230 valence electrons. The molecule has 2 aliphatic heterocycles. The van der Waals surface area contributed by atoms with Gasteiger partial charge in [-0.3, -0.25) is 9.59 Å². The Morgan fingerprint density at radius 2 is 0.977 bits per heavy atom. The average Bonchev–Trinajstić information content (AvgIpc) is 4.00. The Morgan fingerprint density at radius 3 is 1.32 bits per heavy atom. The Balaban J connectivity index is 1.05. The van der Waals surface area contributed by atoms with Crippen molar-refractivity contribution in [3.05, 3.63) is 107 Å². The van der Waals surface area contributed by atoms with E-state index in [0.29, 0.717) is 12.8 Å². The van der Waals surface area contributed by atoms with Gasteiger partial charge in [-0.25, -0.2) is 9.59 Å². The fourth-order valence-corrected chi connectivity index (χ4v) is 4.85. The summed E-state index contributed by atoms with van der Waals surface area (Å²) in [5.41, 5.74) is 2.59. The zero-order chi connectivity index (χ0) is 31.1. The maximum absolute atomic E-state index is 12.8. The molecule has 2 N–H and O–H groups in total. The van der Waals surface area contributed by atoms with Crippen LogP contribution in [0.3, 0.4) is 0 Å². The summed E-state index contributed by atoms with van der Waals surface area (Å²) in [6.45, 7) is 3.75. The summed E-state index contributed by atoms with van der Waals surface area (Å²) in [5, 5.41) is 5.38. The second kappa shape index (κ2) is 14.3. The number of esters is 2. The SMILES string of the molecule is CCC(NC(=O)c1ccc(C(=O)NC(CC)C(=O)OCC2OC2c2ccccc2)cc1)C(=O)OCC1OC1c1ccccc1. The number of rotatable bonds is 14. The van der Waals surface area contributed by atoms with Gasteiger partial charge in [-0.1, -0.05) is 74.5 Å². The van der Waals surface area contributed by atoms with E-state index in [1.54, 1.807) is 13.8 Å². The van der Waals surface area contributed by atoms with Crippen molar-refractivity contribution in [1.82, 2.24) is 10.6 Å². The highest BCUT2D eigenvalue weighted by molar-refractivity contribution is 6.00. The van der Waals surface area contributed by atoms with Gasteiger partial charge in [-0.2, -0.15) is 0 Å². The van der Waals surface area contributed by atoms with Crippen LogP contribution in [0, 0.1) is 0 Å². The van der Waals surface area contributed by atoms with E-state index in [9.17, 15) is 19.2 Å². The highest BCUT2D eigenvalue weighted by Gasteiger charge is 2.42. The lowest BCUT2D eigenvalue weighted by Crippen LogP contribution is -2.42. The molecule has 6 atom stereocenters. The van der Waals surface area contributed by atoms with Crippen LogP contribution < -0.4 is 10.6 Å². The van der Waals surface area contributed by atoms with E-state index in [4.69, 9.17) is 18.9 Å². The molecule has 2 fully saturated rings. The minimum Gasteiger partial charge on any atom is -0.461 e. The highest BCUT2D eigenvalue weighted by Crippen LogP contribution is 2.39. The van der Waals surface area contributed by atoms with Crippen LogP contribution in [0.15, 0.2) is 84.9 Å². The van der Waals surface area contributed by atoms with E-state index in [1.165, 1.54) is 24.3 Å². The molecule has 0 aromatic heterocycles. The van der Waals surface area contributed by atoms with E-state index in [-0.39, 0.29) is 48.8 Å². The Morgan fingerprint density at radius 1 is 0.614 bits per heavy atom. The number of carbonyl (C=O) groups excluding carboxylic acids is 4. The number of nitrogens with one attached hydrogen (secondary N) is 2. The van der Waals surface area contributed by atoms with Crippen molar-refractivity contribution in [3.63, 3.8) is 0 Å². The van der Waals surface area contributed by atoms with E-state index in [2.05, 4.69) is 10.6 Å². The van der Waals surface area contributed by atoms with Crippen molar-refractivity contribution >= 4 is 23.8 Å². The van der Waals surface area contributed by atoms with Crippen LogP contribution in [0.1, 0.15) is 70.7 Å². The monoisotopic (exact) mass is 600 g/mol. The maximum atomic E-state index is 12.8. The Hall–Kier alpha value is -4.54. The number of epoxide rings is 2. The number of amides is 2. The van der Waals surface area contributed by atoms with Gasteiger partial charge in [0, 0.05) is 11.1 Å². The quantitative estimate of drug-likeness (QED) is 0.209. The van der Waals surface area contributed by atoms with Crippen molar-refractivity contribution in [2.45, 2.75) is 63.2 Å². The minimum absolute atomic E-state index is 0.0994. The third-order valence-electron chi connectivity index (χ3n) is 7.61. The maximum Gasteiger partial charge on any atom is 0.328 e. The summed E-state index contributed by atoms with van der Waals surface area (Å²) in [7, 11) is 0. The summed E-state index contributed by atoms with van der Waals surface area (Å²) < 4.78 is 22.0. The molecule has 0 bridgehead atoms. The number of hydrogen-bond donors (Lipinski definition) is 2. The molecule has 3 aromatic rings. The van der Waals surface area contributed by atoms with Crippen LogP contribution in [0.25, 0.3) is 0 Å². The second-order valence-corrected chi connectivity index (χ2v) is 10.7. The van der Waals surface area contributed by atoms with Crippen LogP contribution in [-0.4, -0.2) is 61.3 Å². The molecule has 2 saturated heterocycles. The Labute approximate surface area is 256 Å². The van der Waals surface area contributed by atoms with Gasteiger partial charge in [0.25, 0.3) is 11.8 Å². The molecule has 44 heavy (non-hydrogen) atoms. The first-order valence-corrected chi connectivity index (χ1v) is 14.8. The van der Waals surface area contributed by atoms with Gasteiger partial charge >= 0.3 is 11.9 Å². The van der Waals surface area contributed by atoms with E-state index in [1.807, 2.05) is 60.7 Å². The van der Waals surface area contributed by atoms with E-state index >= 15 is 0 Å². The Kier molecular flexibility index (Phi) is 10.0. The van der Waals surface area contributed by atoms with Gasteiger partial charge in [0.2, 0.25) is 0 Å². The second-order valence-electron chi connectivity index (χ2n) is 10.7. The van der Waals surface area contributed by atoms with Crippen molar-refractivity contribution < 1.29 is 38.1 Å². The van der Waals surface area contributed by atoms with E-state index < -0.39 is 35.8 Å². The summed E-state index contributed by atoms with van der Waals surface area (Å²) >= 11 is 0. The van der Waals surface area contributed by atoms with Crippen LogP contribution in [0.5, 0.6) is 0 Å². The van der Waals surface area contributed by atoms with Crippen molar-refractivity contribution in [3.8, 4) is 0 Å². The first-order chi connectivity index (χ1) is 21.4. The van der Waals surface area contributed by atoms with Gasteiger partial charge in [0.05, 0.1) is 0 Å². The molecule has 6 unspecified atom stereocenters. The van der Waals surface area contributed by atoms with Crippen molar-refractivity contribution in [2.75, 3.05) is 13.2 Å². The molecule has 0 spiro atoms. The predicted octanol–water partition coefficient (Wildman–Crippen LogP) is 4.07. The number of carbonyl (C=O) groups is 4. The van der Waals surface area contributed by atoms with E-state index in [0.717, 1.165) is 11.1 Å². The normalized spacial score (nSPS) is 21.3. The molecule has 0 radical (unpaired) electrons. The number of ether oxygens (including phenoxy) is 4. The summed E-state index contributed by atoms with van der Waals surface area (Å²) in [4.78, 5) is 50.9. The molecule has 10 heteroatoms. The largest absolute Gasteiger partial charge is 0.461 e. The zero-order valence-corrected chi connectivity index (χ0v) is 24.6.